The van der Waals surface area contributed by atoms with Crippen LogP contribution >= 0.6 is 0 Å². The van der Waals surface area contributed by atoms with E-state index in [1.54, 1.807) is 14.0 Å². The number of carbonyl (C=O) groups is 4. The van der Waals surface area contributed by atoms with Crippen LogP contribution in [0.1, 0.15) is 46.5 Å². The summed E-state index contributed by atoms with van der Waals surface area (Å²) in [7, 11) is 1.63. The molecular formula is C32H63N3O13. The average molecular weight is 698 g/mol. The number of hydrogen-bond donors (Lipinski definition) is 3. The molecule has 0 unspecified atom stereocenters. The predicted octanol–water partition coefficient (Wildman–Crippen LogP) is 0.290. The van der Waals surface area contributed by atoms with Gasteiger partial charge in [0.2, 0.25) is 17.7 Å². The highest BCUT2D eigenvalue weighted by molar-refractivity contribution is 5.76. The molecule has 0 atom stereocenters. The van der Waals surface area contributed by atoms with Crippen molar-refractivity contribution < 1.29 is 61.8 Å². The highest BCUT2D eigenvalue weighted by Gasteiger charge is 2.02. The van der Waals surface area contributed by atoms with Gasteiger partial charge in [-0.2, -0.15) is 0 Å². The van der Waals surface area contributed by atoms with Gasteiger partial charge in [-0.25, -0.2) is 0 Å². The van der Waals surface area contributed by atoms with Crippen LogP contribution in [0.3, 0.4) is 0 Å². The van der Waals surface area contributed by atoms with E-state index in [9.17, 15) is 19.2 Å². The molecular weight excluding hydrogens is 634 g/mol. The third kappa shape index (κ3) is 43.7. The Morgan fingerprint density at radius 3 is 1.12 bits per heavy atom. The molecule has 0 aliphatic rings. The van der Waals surface area contributed by atoms with Gasteiger partial charge >= 0.3 is 0 Å². The van der Waals surface area contributed by atoms with Gasteiger partial charge in [0, 0.05) is 59.0 Å². The van der Waals surface area contributed by atoms with Gasteiger partial charge in [0.1, 0.15) is 5.78 Å². The van der Waals surface area contributed by atoms with Gasteiger partial charge in [0.05, 0.1) is 106 Å². The molecule has 48 heavy (non-hydrogen) atoms. The second-order valence-electron chi connectivity index (χ2n) is 9.83. The summed E-state index contributed by atoms with van der Waals surface area (Å²) in [6, 6.07) is 0. The Morgan fingerprint density at radius 1 is 0.417 bits per heavy atom. The number of methoxy groups -OCH3 is 1. The number of ketones is 1. The van der Waals surface area contributed by atoms with Gasteiger partial charge in [-0.3, -0.25) is 19.2 Å². The minimum absolute atomic E-state index is 0.00394. The smallest absolute Gasteiger partial charge is 0.222 e. The van der Waals surface area contributed by atoms with Crippen molar-refractivity contribution in [3.8, 4) is 0 Å². The van der Waals surface area contributed by atoms with Gasteiger partial charge in [0.15, 0.2) is 0 Å². The van der Waals surface area contributed by atoms with Crippen molar-refractivity contribution >= 4 is 23.5 Å². The van der Waals surface area contributed by atoms with Crippen molar-refractivity contribution in [3.63, 3.8) is 0 Å². The molecule has 0 aliphatic carbocycles. The quantitative estimate of drug-likeness (QED) is 0.0768. The first-order chi connectivity index (χ1) is 23.4. The summed E-state index contributed by atoms with van der Waals surface area (Å²) in [4.78, 5) is 44.7. The van der Waals surface area contributed by atoms with Gasteiger partial charge in [-0.1, -0.05) is 6.92 Å². The number of amides is 3. The largest absolute Gasteiger partial charge is 0.382 e. The molecule has 16 nitrogen and oxygen atoms in total. The van der Waals surface area contributed by atoms with E-state index in [1.807, 2.05) is 6.92 Å². The topological polar surface area (TPSA) is 187 Å². The minimum atomic E-state index is -0.0977. The summed E-state index contributed by atoms with van der Waals surface area (Å²) in [6.45, 7) is 14.8. The van der Waals surface area contributed by atoms with Crippen LogP contribution in [0.4, 0.5) is 0 Å². The Bertz CT molecular complexity index is 748. The summed E-state index contributed by atoms with van der Waals surface area (Å²) in [6.07, 6.45) is 1.51. The van der Waals surface area contributed by atoms with Crippen molar-refractivity contribution in [2.45, 2.75) is 46.5 Å². The zero-order chi connectivity index (χ0) is 35.8. The summed E-state index contributed by atoms with van der Waals surface area (Å²) in [5.74, 6) is -0.0278. The average Bonchev–Trinajstić information content (AvgIpc) is 3.07. The molecule has 0 radical (unpaired) electrons. The second-order valence-corrected chi connectivity index (χ2v) is 9.83. The first-order valence-electron chi connectivity index (χ1n) is 16.8. The van der Waals surface area contributed by atoms with Crippen molar-refractivity contribution in [3.05, 3.63) is 0 Å². The Hall–Kier alpha value is -2.28. The number of hydrogen-bond acceptors (Lipinski definition) is 13. The van der Waals surface area contributed by atoms with Gasteiger partial charge in [-0.05, 0) is 13.8 Å². The van der Waals surface area contributed by atoms with E-state index < -0.39 is 0 Å². The van der Waals surface area contributed by atoms with Crippen LogP contribution in [-0.2, 0) is 61.8 Å². The van der Waals surface area contributed by atoms with Crippen LogP contribution in [0.25, 0.3) is 0 Å². The number of rotatable bonds is 35. The maximum atomic E-state index is 11.6. The summed E-state index contributed by atoms with van der Waals surface area (Å²) in [5.41, 5.74) is 0. The van der Waals surface area contributed by atoms with E-state index in [2.05, 4.69) is 16.0 Å². The predicted molar refractivity (Wildman–Crippen MR) is 178 cm³/mol. The summed E-state index contributed by atoms with van der Waals surface area (Å²) < 4.78 is 46.9. The maximum absolute atomic E-state index is 11.6. The van der Waals surface area contributed by atoms with Gasteiger partial charge < -0.3 is 58.6 Å². The number of nitrogens with one attached hydrogen (secondary N) is 3. The van der Waals surface area contributed by atoms with E-state index in [1.165, 1.54) is 6.92 Å². The Labute approximate surface area is 286 Å². The van der Waals surface area contributed by atoms with Gasteiger partial charge in [0.25, 0.3) is 0 Å². The molecule has 284 valence electrons. The van der Waals surface area contributed by atoms with Crippen molar-refractivity contribution in [2.75, 3.05) is 139 Å². The van der Waals surface area contributed by atoms with Crippen LogP contribution in [0, 0.1) is 0 Å². The molecule has 0 fully saturated rings. The first kappa shape index (κ1) is 47.8. The Balaban J connectivity index is 0. The van der Waals surface area contributed by atoms with E-state index in [0.717, 1.165) is 0 Å². The number of ether oxygens (including phenoxy) is 9. The van der Waals surface area contributed by atoms with Crippen LogP contribution in [0.5, 0.6) is 0 Å². The molecule has 0 bridgehead atoms. The zero-order valence-electron chi connectivity index (χ0n) is 29.8. The van der Waals surface area contributed by atoms with Crippen LogP contribution in [-0.4, -0.2) is 163 Å². The lowest BCUT2D eigenvalue weighted by Crippen LogP contribution is -2.28. The SMILES string of the molecule is CCC(=O)NCCOCCOCCC(=O)NCCOCCOCCC(C)=O.CCOCCOCCNC(=O)CCOCCOCCOC. The fraction of sp³-hybridized carbons (Fsp3) is 0.875. The maximum Gasteiger partial charge on any atom is 0.222 e. The molecule has 0 aromatic carbocycles. The van der Waals surface area contributed by atoms with Crippen LogP contribution < -0.4 is 16.0 Å². The molecule has 0 aliphatic heterocycles. The molecule has 3 amide bonds. The van der Waals surface area contributed by atoms with Gasteiger partial charge in [-0.15, -0.1) is 0 Å². The first-order valence-corrected chi connectivity index (χ1v) is 16.8. The molecule has 3 N–H and O–H groups in total. The van der Waals surface area contributed by atoms with Crippen molar-refractivity contribution in [1.82, 2.24) is 16.0 Å². The van der Waals surface area contributed by atoms with Crippen molar-refractivity contribution in [1.29, 1.82) is 0 Å². The lowest BCUT2D eigenvalue weighted by Gasteiger charge is -2.08. The normalized spacial score (nSPS) is 10.7. The van der Waals surface area contributed by atoms with E-state index in [4.69, 9.17) is 42.6 Å². The molecule has 0 heterocycles. The molecule has 0 saturated carbocycles. The highest BCUT2D eigenvalue weighted by atomic mass is 16.5. The third-order valence-corrected chi connectivity index (χ3v) is 5.70. The van der Waals surface area contributed by atoms with Crippen LogP contribution in [0.2, 0.25) is 0 Å². The molecule has 0 spiro atoms. The van der Waals surface area contributed by atoms with E-state index >= 15 is 0 Å². The molecule has 0 saturated heterocycles. The van der Waals surface area contributed by atoms with Crippen molar-refractivity contribution in [2.24, 2.45) is 0 Å². The fourth-order valence-electron chi connectivity index (χ4n) is 3.11. The second kappa shape index (κ2) is 40.9. The van der Waals surface area contributed by atoms with Crippen LogP contribution in [0.15, 0.2) is 0 Å². The number of Topliss-reactive ketones (excluding diaryl/α,β-unsaturated/α-hetero) is 1. The van der Waals surface area contributed by atoms with E-state index in [-0.39, 0.29) is 29.9 Å². The third-order valence-electron chi connectivity index (χ3n) is 5.70. The molecule has 16 heteroatoms. The summed E-state index contributed by atoms with van der Waals surface area (Å²) >= 11 is 0. The lowest BCUT2D eigenvalue weighted by atomic mass is 10.3. The van der Waals surface area contributed by atoms with E-state index in [0.29, 0.717) is 151 Å². The molecule has 0 rings (SSSR count). The highest BCUT2D eigenvalue weighted by Crippen LogP contribution is 1.88. The minimum Gasteiger partial charge on any atom is -0.382 e. The Kier molecular flexibility index (Phi) is 40.8. The lowest BCUT2D eigenvalue weighted by molar-refractivity contribution is -0.123. The fourth-order valence-corrected chi connectivity index (χ4v) is 3.11. The Morgan fingerprint density at radius 2 is 0.750 bits per heavy atom. The zero-order valence-corrected chi connectivity index (χ0v) is 29.8. The standard InChI is InChI=1S/C18H34N2O7.C14H29NO6/c1-3-17(22)19-6-10-26-15-13-25-9-5-18(23)20-7-11-27-14-12-24-8-4-16(2)21;1-3-18-10-11-20-7-5-15-14(16)4-6-19-12-13-21-9-8-17-2/h3-15H2,1-2H3,(H,19,22)(H,20,23);3-13H2,1-2H3,(H,15,16). The molecule has 0 aromatic rings. The summed E-state index contributed by atoms with van der Waals surface area (Å²) in [5, 5.41) is 8.20. The molecule has 0 aromatic heterocycles. The monoisotopic (exact) mass is 697 g/mol. The number of carbonyl (C=O) groups excluding carboxylic acids is 4.